The summed E-state index contributed by atoms with van der Waals surface area (Å²) in [5.74, 6) is -0.117. The quantitative estimate of drug-likeness (QED) is 0.501. The summed E-state index contributed by atoms with van der Waals surface area (Å²) in [5, 5.41) is 10.1. The van der Waals surface area contributed by atoms with Crippen LogP contribution in [0, 0.1) is 5.82 Å². The van der Waals surface area contributed by atoms with E-state index in [4.69, 9.17) is 9.84 Å². The van der Waals surface area contributed by atoms with Crippen LogP contribution in [-0.2, 0) is 17.8 Å². The smallest absolute Gasteiger partial charge is 0.307 e. The first kappa shape index (κ1) is 17.8. The SMILES string of the molecule is O=C(O)Cc1cn(Cc2ccc(Oc3cccc(F)c3)cc2)c2ccccc12. The molecule has 0 radical (unpaired) electrons. The molecule has 0 unspecified atom stereocenters. The van der Waals surface area contributed by atoms with Crippen LogP contribution in [-0.4, -0.2) is 15.6 Å². The molecule has 0 saturated carbocycles. The summed E-state index contributed by atoms with van der Waals surface area (Å²) in [5.41, 5.74) is 2.85. The van der Waals surface area contributed by atoms with Gasteiger partial charge in [-0.15, -0.1) is 0 Å². The summed E-state index contributed by atoms with van der Waals surface area (Å²) in [6.07, 6.45) is 1.89. The van der Waals surface area contributed by atoms with Crippen LogP contribution in [0.15, 0.2) is 79.0 Å². The van der Waals surface area contributed by atoms with E-state index in [1.807, 2.05) is 54.7 Å². The van der Waals surface area contributed by atoms with Gasteiger partial charge in [0.2, 0.25) is 0 Å². The summed E-state index contributed by atoms with van der Waals surface area (Å²) < 4.78 is 21.0. The van der Waals surface area contributed by atoms with Crippen molar-refractivity contribution in [2.75, 3.05) is 0 Å². The van der Waals surface area contributed by atoms with Gasteiger partial charge in [0.1, 0.15) is 17.3 Å². The number of ether oxygens (including phenoxy) is 1. The molecule has 0 aliphatic rings. The number of para-hydroxylation sites is 1. The molecule has 3 aromatic carbocycles. The lowest BCUT2D eigenvalue weighted by Crippen LogP contribution is -2.00. The minimum absolute atomic E-state index is 0.00603. The van der Waals surface area contributed by atoms with Crippen LogP contribution in [0.5, 0.6) is 11.5 Å². The first-order valence-electron chi connectivity index (χ1n) is 8.89. The van der Waals surface area contributed by atoms with Crippen LogP contribution in [0.2, 0.25) is 0 Å². The molecule has 1 N–H and O–H groups in total. The van der Waals surface area contributed by atoms with Gasteiger partial charge >= 0.3 is 5.97 Å². The van der Waals surface area contributed by atoms with Crippen LogP contribution >= 0.6 is 0 Å². The number of fused-ring (bicyclic) bond motifs is 1. The van der Waals surface area contributed by atoms with Gasteiger partial charge in [0, 0.05) is 29.7 Å². The number of nitrogens with zero attached hydrogens (tertiary/aromatic N) is 1. The molecule has 5 heteroatoms. The van der Waals surface area contributed by atoms with E-state index >= 15 is 0 Å². The molecular weight excluding hydrogens is 357 g/mol. The Bertz CT molecular complexity index is 1130. The van der Waals surface area contributed by atoms with E-state index < -0.39 is 5.97 Å². The van der Waals surface area contributed by atoms with Crippen molar-refractivity contribution < 1.29 is 19.0 Å². The van der Waals surface area contributed by atoms with Crippen LogP contribution in [0.1, 0.15) is 11.1 Å². The van der Waals surface area contributed by atoms with E-state index in [0.29, 0.717) is 18.0 Å². The summed E-state index contributed by atoms with van der Waals surface area (Å²) >= 11 is 0. The molecule has 4 nitrogen and oxygen atoms in total. The van der Waals surface area contributed by atoms with Gasteiger partial charge in [-0.05, 0) is 41.5 Å². The molecule has 0 aliphatic heterocycles. The second-order valence-corrected chi connectivity index (χ2v) is 6.57. The molecule has 28 heavy (non-hydrogen) atoms. The summed E-state index contributed by atoms with van der Waals surface area (Å²) in [7, 11) is 0. The molecule has 0 fully saturated rings. The molecule has 4 rings (SSSR count). The van der Waals surface area contributed by atoms with Gasteiger partial charge in [0.15, 0.2) is 0 Å². The molecule has 4 aromatic rings. The molecule has 0 atom stereocenters. The van der Waals surface area contributed by atoms with Crippen molar-refractivity contribution in [2.24, 2.45) is 0 Å². The van der Waals surface area contributed by atoms with Crippen LogP contribution in [0.4, 0.5) is 4.39 Å². The van der Waals surface area contributed by atoms with Gasteiger partial charge in [-0.3, -0.25) is 4.79 Å². The number of aromatic nitrogens is 1. The lowest BCUT2D eigenvalue weighted by molar-refractivity contribution is -0.136. The maximum absolute atomic E-state index is 13.3. The number of carboxylic acid groups (broad SMARTS) is 1. The Morgan fingerprint density at radius 3 is 2.50 bits per heavy atom. The highest BCUT2D eigenvalue weighted by Crippen LogP contribution is 2.25. The zero-order chi connectivity index (χ0) is 19.5. The molecule has 0 bridgehead atoms. The predicted octanol–water partition coefficient (Wildman–Crippen LogP) is 5.25. The molecular formula is C23H18FNO3. The Morgan fingerprint density at radius 2 is 1.75 bits per heavy atom. The third-order valence-corrected chi connectivity index (χ3v) is 4.52. The molecule has 140 valence electrons. The summed E-state index contributed by atoms with van der Waals surface area (Å²) in [4.78, 5) is 11.1. The van der Waals surface area contributed by atoms with Gasteiger partial charge in [-0.25, -0.2) is 4.39 Å². The van der Waals surface area contributed by atoms with Crippen LogP contribution in [0.3, 0.4) is 0 Å². The van der Waals surface area contributed by atoms with Crippen molar-refractivity contribution in [2.45, 2.75) is 13.0 Å². The third-order valence-electron chi connectivity index (χ3n) is 4.52. The van der Waals surface area contributed by atoms with Crippen LogP contribution in [0.25, 0.3) is 10.9 Å². The number of carbonyl (C=O) groups is 1. The van der Waals surface area contributed by atoms with Gasteiger partial charge in [-0.2, -0.15) is 0 Å². The van der Waals surface area contributed by atoms with Gasteiger partial charge in [-0.1, -0.05) is 36.4 Å². The fraction of sp³-hybridized carbons (Fsp3) is 0.0870. The Balaban J connectivity index is 1.55. The zero-order valence-corrected chi connectivity index (χ0v) is 15.0. The van der Waals surface area contributed by atoms with Crippen molar-refractivity contribution in [3.05, 3.63) is 95.9 Å². The van der Waals surface area contributed by atoms with Crippen molar-refractivity contribution in [3.8, 4) is 11.5 Å². The Hall–Kier alpha value is -3.60. The predicted molar refractivity (Wildman–Crippen MR) is 105 cm³/mol. The molecule has 1 heterocycles. The number of hydrogen-bond acceptors (Lipinski definition) is 2. The van der Waals surface area contributed by atoms with E-state index in [1.54, 1.807) is 12.1 Å². The first-order chi connectivity index (χ1) is 13.6. The maximum atomic E-state index is 13.3. The number of carboxylic acids is 1. The van der Waals surface area contributed by atoms with Crippen molar-refractivity contribution >= 4 is 16.9 Å². The average molecular weight is 375 g/mol. The number of aliphatic carboxylic acids is 1. The Morgan fingerprint density at radius 1 is 0.964 bits per heavy atom. The van der Waals surface area contributed by atoms with Crippen molar-refractivity contribution in [1.82, 2.24) is 4.57 Å². The number of hydrogen-bond donors (Lipinski definition) is 1. The average Bonchev–Trinajstić information content (AvgIpc) is 3.00. The normalized spacial score (nSPS) is 10.9. The number of rotatable bonds is 6. The van der Waals surface area contributed by atoms with E-state index in [0.717, 1.165) is 22.0 Å². The highest BCUT2D eigenvalue weighted by atomic mass is 19.1. The fourth-order valence-corrected chi connectivity index (χ4v) is 3.28. The largest absolute Gasteiger partial charge is 0.481 e. The lowest BCUT2D eigenvalue weighted by Gasteiger charge is -2.08. The van der Waals surface area contributed by atoms with E-state index in [1.165, 1.54) is 12.1 Å². The zero-order valence-electron chi connectivity index (χ0n) is 15.0. The molecule has 1 aromatic heterocycles. The highest BCUT2D eigenvalue weighted by Gasteiger charge is 2.11. The molecule has 0 amide bonds. The number of benzene rings is 3. The topological polar surface area (TPSA) is 51.5 Å². The van der Waals surface area contributed by atoms with Gasteiger partial charge < -0.3 is 14.4 Å². The summed E-state index contributed by atoms with van der Waals surface area (Å²) in [6.45, 7) is 0.611. The lowest BCUT2D eigenvalue weighted by atomic mass is 10.1. The van der Waals surface area contributed by atoms with E-state index in [9.17, 15) is 9.18 Å². The summed E-state index contributed by atoms with van der Waals surface area (Å²) in [6, 6.07) is 21.4. The minimum atomic E-state index is -0.846. The Labute approximate surface area is 161 Å². The number of halogens is 1. The fourth-order valence-electron chi connectivity index (χ4n) is 3.28. The second kappa shape index (κ2) is 7.56. The van der Waals surface area contributed by atoms with Gasteiger partial charge in [0.05, 0.1) is 6.42 Å². The van der Waals surface area contributed by atoms with Gasteiger partial charge in [0.25, 0.3) is 0 Å². The molecule has 0 saturated heterocycles. The monoisotopic (exact) mass is 375 g/mol. The third kappa shape index (κ3) is 3.88. The first-order valence-corrected chi connectivity index (χ1v) is 8.89. The minimum Gasteiger partial charge on any atom is -0.481 e. The van der Waals surface area contributed by atoms with Crippen LogP contribution < -0.4 is 4.74 Å². The van der Waals surface area contributed by atoms with E-state index in [-0.39, 0.29) is 12.2 Å². The molecule has 0 aliphatic carbocycles. The maximum Gasteiger partial charge on any atom is 0.307 e. The van der Waals surface area contributed by atoms with E-state index in [2.05, 4.69) is 4.57 Å². The Kier molecular flexibility index (Phi) is 4.81. The molecule has 0 spiro atoms. The van der Waals surface area contributed by atoms with Crippen molar-refractivity contribution in [1.29, 1.82) is 0 Å². The standard InChI is InChI=1S/C23H18FNO3/c24-18-4-3-5-20(13-18)28-19-10-8-16(9-11-19)14-25-15-17(12-23(26)27)21-6-1-2-7-22(21)25/h1-11,13,15H,12,14H2,(H,26,27). The van der Waals surface area contributed by atoms with Crippen molar-refractivity contribution in [3.63, 3.8) is 0 Å². The highest BCUT2D eigenvalue weighted by molar-refractivity contribution is 5.87. The second-order valence-electron chi connectivity index (χ2n) is 6.57.